The molecule has 0 aromatic carbocycles. The molecule has 9 nitrogen and oxygen atoms in total. The van der Waals surface area contributed by atoms with Crippen LogP contribution in [0.1, 0.15) is 61.7 Å². The smallest absolute Gasteiger partial charge is 0.147 e. The highest BCUT2D eigenvalue weighted by atomic mass is 35.5. The summed E-state index contributed by atoms with van der Waals surface area (Å²) < 4.78 is 10.1. The van der Waals surface area contributed by atoms with Crippen LogP contribution < -0.4 is 10.1 Å². The summed E-state index contributed by atoms with van der Waals surface area (Å²) >= 11 is 0. The van der Waals surface area contributed by atoms with Crippen molar-refractivity contribution in [2.24, 2.45) is 5.41 Å². The third-order valence-electron chi connectivity index (χ3n) is 7.67. The zero-order valence-corrected chi connectivity index (χ0v) is 21.2. The molecule has 4 aromatic rings. The van der Waals surface area contributed by atoms with Gasteiger partial charge in [-0.2, -0.15) is 10.4 Å². The van der Waals surface area contributed by atoms with Gasteiger partial charge in [-0.25, -0.2) is 9.20 Å². The van der Waals surface area contributed by atoms with E-state index in [2.05, 4.69) is 43.4 Å². The fourth-order valence-electron chi connectivity index (χ4n) is 5.70. The molecule has 1 spiro atoms. The average Bonchev–Trinajstić information content (AvgIpc) is 3.48. The van der Waals surface area contributed by atoms with Crippen LogP contribution in [0.25, 0.3) is 16.9 Å². The lowest BCUT2D eigenvalue weighted by Gasteiger charge is -2.50. The number of halogens is 1. The number of ether oxygens (including phenoxy) is 1. The molecule has 1 saturated heterocycles. The first kappa shape index (κ1) is 24.2. The van der Waals surface area contributed by atoms with Gasteiger partial charge >= 0.3 is 0 Å². The molecule has 2 fully saturated rings. The summed E-state index contributed by atoms with van der Waals surface area (Å²) in [6.07, 6.45) is 7.84. The standard InChI is InChI=1S/C26H28N8O.ClH/c1-17-24(31-32-33(17)20-13-26(14-20)8-11-28-12-9-26)22-6-7-23(25-19(15-27)16-30-34(22)25)35-18(2)21-5-3-4-10-29-21;/h3-7,10,16,18,20,28H,8-9,11-14H2,1-2H3;1H/t18-;/m1./s1. The second-order valence-corrected chi connectivity index (χ2v) is 9.81. The first-order chi connectivity index (χ1) is 17.1. The van der Waals surface area contributed by atoms with Crippen LogP contribution in [0.5, 0.6) is 5.75 Å². The van der Waals surface area contributed by atoms with Gasteiger partial charge in [-0.3, -0.25) is 4.98 Å². The van der Waals surface area contributed by atoms with Crippen molar-refractivity contribution < 1.29 is 4.74 Å². The lowest BCUT2D eigenvalue weighted by atomic mass is 9.60. The van der Waals surface area contributed by atoms with Gasteiger partial charge in [-0.05, 0) is 82.3 Å². The normalized spacial score (nSPS) is 17.8. The van der Waals surface area contributed by atoms with E-state index < -0.39 is 0 Å². The van der Waals surface area contributed by atoms with Crippen molar-refractivity contribution in [2.75, 3.05) is 13.1 Å². The summed E-state index contributed by atoms with van der Waals surface area (Å²) in [6.45, 7) is 6.23. The second-order valence-electron chi connectivity index (χ2n) is 9.81. The lowest BCUT2D eigenvalue weighted by molar-refractivity contribution is 0.0212. The quantitative estimate of drug-likeness (QED) is 0.428. The molecule has 10 heteroatoms. The van der Waals surface area contributed by atoms with Crippen LogP contribution in [0, 0.1) is 23.7 Å². The van der Waals surface area contributed by atoms with E-state index in [1.165, 1.54) is 12.8 Å². The van der Waals surface area contributed by atoms with Gasteiger partial charge in [-0.1, -0.05) is 11.3 Å². The van der Waals surface area contributed by atoms with E-state index in [1.807, 2.05) is 37.3 Å². The highest BCUT2D eigenvalue weighted by Crippen LogP contribution is 2.54. The summed E-state index contributed by atoms with van der Waals surface area (Å²) in [5.74, 6) is 0.581. The molecule has 1 aliphatic carbocycles. The molecule has 186 valence electrons. The van der Waals surface area contributed by atoms with Crippen molar-refractivity contribution in [3.05, 3.63) is 59.7 Å². The Labute approximate surface area is 215 Å². The maximum absolute atomic E-state index is 9.75. The predicted octanol–water partition coefficient (Wildman–Crippen LogP) is 4.43. The van der Waals surface area contributed by atoms with Gasteiger partial charge in [-0.15, -0.1) is 17.5 Å². The number of hydrogen-bond donors (Lipinski definition) is 1. The Hall–Kier alpha value is -3.48. The summed E-state index contributed by atoms with van der Waals surface area (Å²) in [4.78, 5) is 4.39. The number of pyridine rings is 2. The fraction of sp³-hybridized carbons (Fsp3) is 0.423. The van der Waals surface area contributed by atoms with Crippen molar-refractivity contribution >= 4 is 17.9 Å². The Balaban J connectivity index is 0.00000267. The highest BCUT2D eigenvalue weighted by Gasteiger charge is 2.46. The molecule has 6 rings (SSSR count). The van der Waals surface area contributed by atoms with Gasteiger partial charge in [0, 0.05) is 6.20 Å². The minimum Gasteiger partial charge on any atom is -0.482 e. The molecule has 2 aliphatic rings. The number of nitrogens with zero attached hydrogens (tertiary/aromatic N) is 7. The summed E-state index contributed by atoms with van der Waals surface area (Å²) in [7, 11) is 0. The van der Waals surface area contributed by atoms with E-state index >= 15 is 0 Å². The van der Waals surface area contributed by atoms with E-state index in [1.54, 1.807) is 16.9 Å². The molecular formula is C26H29ClN8O. The van der Waals surface area contributed by atoms with Crippen LogP contribution in [-0.4, -0.2) is 42.7 Å². The SMILES string of the molecule is Cc1c(-c2ccc(O[C@H](C)c3ccccn3)c3c(C#N)cnn23)nnn1C1CC2(CCNCC2)C1.Cl. The van der Waals surface area contributed by atoms with Crippen molar-refractivity contribution in [3.8, 4) is 23.2 Å². The zero-order valence-electron chi connectivity index (χ0n) is 20.4. The molecule has 0 radical (unpaired) electrons. The minimum absolute atomic E-state index is 0. The van der Waals surface area contributed by atoms with Crippen molar-refractivity contribution in [2.45, 2.75) is 51.7 Å². The Bertz CT molecular complexity index is 1410. The maximum atomic E-state index is 9.75. The van der Waals surface area contributed by atoms with Gasteiger partial charge in [0.1, 0.15) is 34.7 Å². The number of piperidine rings is 1. The zero-order chi connectivity index (χ0) is 24.0. The van der Waals surface area contributed by atoms with Crippen LogP contribution in [0.3, 0.4) is 0 Å². The van der Waals surface area contributed by atoms with E-state index in [0.29, 0.717) is 28.3 Å². The van der Waals surface area contributed by atoms with E-state index in [4.69, 9.17) is 4.74 Å². The molecular weight excluding hydrogens is 476 g/mol. The number of nitriles is 1. The van der Waals surface area contributed by atoms with Crippen LogP contribution in [0.4, 0.5) is 0 Å². The molecule has 1 atom stereocenters. The fourth-order valence-corrected chi connectivity index (χ4v) is 5.70. The predicted molar refractivity (Wildman–Crippen MR) is 137 cm³/mol. The Kier molecular flexibility index (Phi) is 6.41. The van der Waals surface area contributed by atoms with Crippen LogP contribution >= 0.6 is 12.4 Å². The molecule has 36 heavy (non-hydrogen) atoms. The molecule has 0 unspecified atom stereocenters. The molecule has 5 heterocycles. The summed E-state index contributed by atoms with van der Waals surface area (Å²) in [6, 6.07) is 12.2. The van der Waals surface area contributed by atoms with Gasteiger partial charge in [0.25, 0.3) is 0 Å². The number of hydrogen-bond acceptors (Lipinski definition) is 7. The van der Waals surface area contributed by atoms with Crippen molar-refractivity contribution in [1.29, 1.82) is 5.26 Å². The average molecular weight is 505 g/mol. The number of aromatic nitrogens is 6. The first-order valence-corrected chi connectivity index (χ1v) is 12.2. The van der Waals surface area contributed by atoms with Crippen molar-refractivity contribution in [1.82, 2.24) is 34.9 Å². The largest absolute Gasteiger partial charge is 0.482 e. The van der Waals surface area contributed by atoms with E-state index in [9.17, 15) is 5.26 Å². The van der Waals surface area contributed by atoms with Gasteiger partial charge in [0.05, 0.1) is 29.3 Å². The van der Waals surface area contributed by atoms with Crippen molar-refractivity contribution in [3.63, 3.8) is 0 Å². The second kappa shape index (κ2) is 9.52. The maximum Gasteiger partial charge on any atom is 0.147 e. The van der Waals surface area contributed by atoms with Gasteiger partial charge in [0.15, 0.2) is 0 Å². The van der Waals surface area contributed by atoms with Crippen LogP contribution in [-0.2, 0) is 0 Å². The Morgan fingerprint density at radius 2 is 2.00 bits per heavy atom. The number of nitrogens with one attached hydrogen (secondary N) is 1. The van der Waals surface area contributed by atoms with E-state index in [-0.39, 0.29) is 18.5 Å². The van der Waals surface area contributed by atoms with E-state index in [0.717, 1.165) is 48.7 Å². The minimum atomic E-state index is -0.282. The summed E-state index contributed by atoms with van der Waals surface area (Å²) in [5.41, 5.74) is 4.95. The van der Waals surface area contributed by atoms with Gasteiger partial charge < -0.3 is 10.1 Å². The van der Waals surface area contributed by atoms with Crippen LogP contribution in [0.2, 0.25) is 0 Å². The molecule has 0 amide bonds. The number of fused-ring (bicyclic) bond motifs is 1. The van der Waals surface area contributed by atoms with Gasteiger partial charge in [0.2, 0.25) is 0 Å². The molecule has 1 aliphatic heterocycles. The highest BCUT2D eigenvalue weighted by molar-refractivity contribution is 5.85. The first-order valence-electron chi connectivity index (χ1n) is 12.2. The summed E-state index contributed by atoms with van der Waals surface area (Å²) in [5, 5.41) is 26.8. The molecule has 1 saturated carbocycles. The lowest BCUT2D eigenvalue weighted by Crippen LogP contribution is -2.46. The monoisotopic (exact) mass is 504 g/mol. The molecule has 0 bridgehead atoms. The molecule has 1 N–H and O–H groups in total. The third-order valence-corrected chi connectivity index (χ3v) is 7.67. The number of rotatable bonds is 5. The molecule has 4 aromatic heterocycles. The topological polar surface area (TPSA) is 106 Å². The Morgan fingerprint density at radius 3 is 2.72 bits per heavy atom. The third kappa shape index (κ3) is 4.00. The van der Waals surface area contributed by atoms with Crippen LogP contribution in [0.15, 0.2) is 42.7 Å². The Morgan fingerprint density at radius 1 is 1.19 bits per heavy atom.